The first-order valence-electron chi connectivity index (χ1n) is 8.40. The summed E-state index contributed by atoms with van der Waals surface area (Å²) in [5.41, 5.74) is 6.73. The summed E-state index contributed by atoms with van der Waals surface area (Å²) in [6.45, 7) is 4.01. The molecule has 1 aromatic heterocycles. The number of rotatable bonds is 5. The quantitative estimate of drug-likeness (QED) is 0.250. The van der Waals surface area contributed by atoms with Gasteiger partial charge >= 0.3 is 0 Å². The molecule has 142 valence electrons. The van der Waals surface area contributed by atoms with Crippen LogP contribution in [0.15, 0.2) is 59.7 Å². The molecule has 3 aromatic rings. The number of carbonyl (C=O) groups excluding carboxylic acids is 1. The molecule has 0 radical (unpaired) electrons. The highest BCUT2D eigenvalue weighted by Crippen LogP contribution is 2.23. The van der Waals surface area contributed by atoms with Crippen LogP contribution in [0.2, 0.25) is 0 Å². The number of aromatic nitrogens is 1. The van der Waals surface area contributed by atoms with Crippen LogP contribution in [0.4, 0.5) is 5.69 Å². The number of benzene rings is 2. The van der Waals surface area contributed by atoms with Gasteiger partial charge < -0.3 is 4.57 Å². The average Bonchev–Trinajstić information content (AvgIpc) is 2.96. The fourth-order valence-corrected chi connectivity index (χ4v) is 3.51. The Bertz CT molecular complexity index is 1070. The Labute approximate surface area is 175 Å². The third kappa shape index (κ3) is 4.11. The molecule has 0 spiro atoms. The van der Waals surface area contributed by atoms with Gasteiger partial charge in [0.15, 0.2) is 0 Å². The average molecular weight is 488 g/mol. The summed E-state index contributed by atoms with van der Waals surface area (Å²) in [4.78, 5) is 22.3. The van der Waals surface area contributed by atoms with E-state index >= 15 is 0 Å². The highest BCUT2D eigenvalue weighted by atomic mass is 127. The highest BCUT2D eigenvalue weighted by molar-refractivity contribution is 14.1. The van der Waals surface area contributed by atoms with Crippen LogP contribution in [0.5, 0.6) is 0 Å². The molecule has 0 saturated carbocycles. The molecule has 2 aromatic carbocycles. The second-order valence-electron chi connectivity index (χ2n) is 6.12. The molecule has 1 amide bonds. The maximum absolute atomic E-state index is 12.1. The van der Waals surface area contributed by atoms with Crippen molar-refractivity contribution < 1.29 is 9.72 Å². The van der Waals surface area contributed by atoms with Crippen LogP contribution < -0.4 is 5.43 Å². The van der Waals surface area contributed by atoms with Crippen molar-refractivity contribution in [2.45, 2.75) is 13.8 Å². The first-order valence-corrected chi connectivity index (χ1v) is 9.48. The molecular weight excluding hydrogens is 471 g/mol. The van der Waals surface area contributed by atoms with Gasteiger partial charge in [-0.25, -0.2) is 5.43 Å². The summed E-state index contributed by atoms with van der Waals surface area (Å²) in [7, 11) is 0. The Morgan fingerprint density at radius 3 is 2.50 bits per heavy atom. The number of hydrogen-bond acceptors (Lipinski definition) is 4. The first-order chi connectivity index (χ1) is 13.4. The molecular formula is C20H17IN4O3. The van der Waals surface area contributed by atoms with Crippen LogP contribution in [-0.4, -0.2) is 21.6 Å². The van der Waals surface area contributed by atoms with Gasteiger partial charge in [-0.1, -0.05) is 12.1 Å². The first kappa shape index (κ1) is 19.7. The lowest BCUT2D eigenvalue weighted by atomic mass is 10.2. The number of para-hydroxylation sites is 1. The van der Waals surface area contributed by atoms with Crippen molar-refractivity contribution in [3.8, 4) is 5.69 Å². The number of non-ortho nitro benzene ring substituents is 1. The number of amides is 1. The molecule has 0 bridgehead atoms. The fourth-order valence-electron chi connectivity index (χ4n) is 2.88. The van der Waals surface area contributed by atoms with Gasteiger partial charge in [0, 0.05) is 38.2 Å². The molecule has 0 aliphatic heterocycles. The maximum Gasteiger partial charge on any atom is 0.271 e. The van der Waals surface area contributed by atoms with Crippen molar-refractivity contribution in [1.29, 1.82) is 0 Å². The molecule has 0 aliphatic rings. The zero-order valence-corrected chi connectivity index (χ0v) is 17.4. The van der Waals surface area contributed by atoms with Crippen LogP contribution in [-0.2, 0) is 0 Å². The van der Waals surface area contributed by atoms with E-state index < -0.39 is 10.8 Å². The second kappa shape index (κ2) is 8.34. The Kier molecular flexibility index (Phi) is 5.88. The van der Waals surface area contributed by atoms with E-state index in [1.54, 1.807) is 6.21 Å². The summed E-state index contributed by atoms with van der Waals surface area (Å²) in [5.74, 6) is -0.433. The van der Waals surface area contributed by atoms with Gasteiger partial charge in [0.25, 0.3) is 11.6 Å². The SMILES string of the molecule is Cc1cc(/C=N\NC(=O)c2ccc([N+](=O)[O-])cc2)c(C)n1-c1ccccc1I. The summed E-state index contributed by atoms with van der Waals surface area (Å²) in [5, 5.41) is 14.7. The van der Waals surface area contributed by atoms with E-state index in [2.05, 4.69) is 43.8 Å². The number of carbonyl (C=O) groups is 1. The fraction of sp³-hybridized carbons (Fsp3) is 0.100. The predicted octanol–water partition coefficient (Wildman–Crippen LogP) is 4.37. The molecule has 1 N–H and O–H groups in total. The van der Waals surface area contributed by atoms with E-state index in [1.165, 1.54) is 24.3 Å². The summed E-state index contributed by atoms with van der Waals surface area (Å²) >= 11 is 2.30. The number of halogens is 1. The minimum Gasteiger partial charge on any atom is -0.317 e. The van der Waals surface area contributed by atoms with Crippen molar-refractivity contribution in [3.63, 3.8) is 0 Å². The summed E-state index contributed by atoms with van der Waals surface area (Å²) in [6, 6.07) is 15.5. The van der Waals surface area contributed by atoms with Crippen molar-refractivity contribution in [1.82, 2.24) is 9.99 Å². The number of aryl methyl sites for hydroxylation is 1. The van der Waals surface area contributed by atoms with E-state index in [1.807, 2.05) is 38.1 Å². The van der Waals surface area contributed by atoms with Crippen LogP contribution in [0.25, 0.3) is 5.69 Å². The van der Waals surface area contributed by atoms with Crippen molar-refractivity contribution in [2.24, 2.45) is 5.10 Å². The van der Waals surface area contributed by atoms with Gasteiger partial charge in [0.1, 0.15) is 0 Å². The molecule has 0 saturated heterocycles. The lowest BCUT2D eigenvalue weighted by Gasteiger charge is -2.11. The van der Waals surface area contributed by atoms with Gasteiger partial charge in [0.2, 0.25) is 0 Å². The van der Waals surface area contributed by atoms with E-state index in [9.17, 15) is 14.9 Å². The van der Waals surface area contributed by atoms with Crippen molar-refractivity contribution in [2.75, 3.05) is 0 Å². The molecule has 7 nitrogen and oxygen atoms in total. The molecule has 0 fully saturated rings. The molecule has 0 unspecified atom stereocenters. The van der Waals surface area contributed by atoms with E-state index in [0.717, 1.165) is 26.2 Å². The second-order valence-corrected chi connectivity index (χ2v) is 7.28. The number of nitro groups is 1. The monoisotopic (exact) mass is 488 g/mol. The largest absolute Gasteiger partial charge is 0.317 e. The van der Waals surface area contributed by atoms with Gasteiger partial charge in [0.05, 0.1) is 16.8 Å². The third-order valence-electron chi connectivity index (χ3n) is 4.27. The van der Waals surface area contributed by atoms with Gasteiger partial charge in [-0.05, 0) is 66.8 Å². The smallest absolute Gasteiger partial charge is 0.271 e. The number of hydrazone groups is 1. The van der Waals surface area contributed by atoms with E-state index in [0.29, 0.717) is 5.56 Å². The summed E-state index contributed by atoms with van der Waals surface area (Å²) < 4.78 is 3.28. The number of hydrogen-bond donors (Lipinski definition) is 1. The molecule has 0 aliphatic carbocycles. The van der Waals surface area contributed by atoms with Gasteiger partial charge in [-0.15, -0.1) is 0 Å². The maximum atomic E-state index is 12.1. The summed E-state index contributed by atoms with van der Waals surface area (Å²) in [6.07, 6.45) is 1.60. The number of nitro benzene ring substituents is 1. The topological polar surface area (TPSA) is 89.5 Å². The normalized spacial score (nSPS) is 11.0. The van der Waals surface area contributed by atoms with E-state index in [4.69, 9.17) is 0 Å². The molecule has 28 heavy (non-hydrogen) atoms. The molecule has 3 rings (SSSR count). The number of nitrogens with zero attached hydrogens (tertiary/aromatic N) is 3. The van der Waals surface area contributed by atoms with Gasteiger partial charge in [-0.2, -0.15) is 5.10 Å². The van der Waals surface area contributed by atoms with Gasteiger partial charge in [-0.3, -0.25) is 14.9 Å². The van der Waals surface area contributed by atoms with Crippen LogP contribution in [0.1, 0.15) is 27.3 Å². The van der Waals surface area contributed by atoms with Crippen LogP contribution in [0, 0.1) is 27.5 Å². The highest BCUT2D eigenvalue weighted by Gasteiger charge is 2.12. The Morgan fingerprint density at radius 2 is 1.86 bits per heavy atom. The molecule has 8 heteroatoms. The van der Waals surface area contributed by atoms with Crippen LogP contribution >= 0.6 is 22.6 Å². The number of nitrogens with one attached hydrogen (secondary N) is 1. The Hall–Kier alpha value is -3.01. The lowest BCUT2D eigenvalue weighted by Crippen LogP contribution is -2.17. The van der Waals surface area contributed by atoms with E-state index in [-0.39, 0.29) is 5.69 Å². The zero-order chi connectivity index (χ0) is 20.3. The molecule has 0 atom stereocenters. The minimum absolute atomic E-state index is 0.0666. The lowest BCUT2D eigenvalue weighted by molar-refractivity contribution is -0.384. The predicted molar refractivity (Wildman–Crippen MR) is 116 cm³/mol. The van der Waals surface area contributed by atoms with Crippen molar-refractivity contribution >= 4 is 40.4 Å². The Morgan fingerprint density at radius 1 is 1.18 bits per heavy atom. The standard InChI is InChI=1S/C20H17IN4O3/c1-13-11-16(14(2)24(13)19-6-4-3-5-18(19)21)12-22-23-20(26)15-7-9-17(10-8-15)25(27)28/h3-12H,1-2H3,(H,23,26)/b22-12-. The van der Waals surface area contributed by atoms with Crippen LogP contribution in [0.3, 0.4) is 0 Å². The Balaban J connectivity index is 1.76. The third-order valence-corrected chi connectivity index (χ3v) is 5.19. The molecule has 1 heterocycles. The van der Waals surface area contributed by atoms with Crippen molar-refractivity contribution in [3.05, 3.63) is 90.8 Å². The zero-order valence-electron chi connectivity index (χ0n) is 15.2. The minimum atomic E-state index is -0.510.